The molecule has 2 aromatic rings. The Hall–Kier alpha value is -1.23. The van der Waals surface area contributed by atoms with Crippen LogP contribution >= 0.6 is 11.3 Å². The van der Waals surface area contributed by atoms with Crippen molar-refractivity contribution in [3.63, 3.8) is 0 Å². The first-order valence-corrected chi connectivity index (χ1v) is 6.08. The molecule has 1 aromatic carbocycles. The van der Waals surface area contributed by atoms with Gasteiger partial charge >= 0.3 is 0 Å². The third kappa shape index (κ3) is 2.00. The van der Waals surface area contributed by atoms with Crippen LogP contribution in [0.1, 0.15) is 28.4 Å². The van der Waals surface area contributed by atoms with E-state index in [-0.39, 0.29) is 6.04 Å². The van der Waals surface area contributed by atoms with Gasteiger partial charge in [-0.05, 0) is 30.5 Å². The van der Waals surface area contributed by atoms with E-state index in [9.17, 15) is 0 Å². The van der Waals surface area contributed by atoms with Gasteiger partial charge in [0.15, 0.2) is 0 Å². The lowest BCUT2D eigenvalue weighted by molar-refractivity contribution is 0.620. The molecule has 84 valence electrons. The Kier molecular flexibility index (Phi) is 3.33. The maximum Gasteiger partial charge on any atom is 0.0892 e. The summed E-state index contributed by atoms with van der Waals surface area (Å²) in [6.07, 6.45) is 0. The van der Waals surface area contributed by atoms with Crippen molar-refractivity contribution in [3.8, 4) is 0 Å². The average molecular weight is 233 g/mol. The number of benzene rings is 1. The van der Waals surface area contributed by atoms with Crippen LogP contribution in [0.25, 0.3) is 0 Å². The standard InChI is InChI=1S/C12H15N3S/c1-8-4-3-5-10(9(8)2)12(15-13)11-6-16-7-14-11/h3-7,12,15H,13H2,1-2H3. The first-order valence-electron chi connectivity index (χ1n) is 5.14. The zero-order valence-electron chi connectivity index (χ0n) is 9.40. The molecule has 1 heterocycles. The van der Waals surface area contributed by atoms with E-state index in [2.05, 4.69) is 36.4 Å². The summed E-state index contributed by atoms with van der Waals surface area (Å²) < 4.78 is 0. The molecule has 0 aliphatic carbocycles. The zero-order valence-corrected chi connectivity index (χ0v) is 10.2. The Morgan fingerprint density at radius 2 is 2.19 bits per heavy atom. The van der Waals surface area contributed by atoms with E-state index in [4.69, 9.17) is 5.84 Å². The second kappa shape index (κ2) is 4.74. The molecular weight excluding hydrogens is 218 g/mol. The number of hydrogen-bond donors (Lipinski definition) is 2. The van der Waals surface area contributed by atoms with Crippen molar-refractivity contribution in [2.24, 2.45) is 5.84 Å². The Labute approximate surface area is 99.3 Å². The van der Waals surface area contributed by atoms with Crippen molar-refractivity contribution >= 4 is 11.3 Å². The summed E-state index contributed by atoms with van der Waals surface area (Å²) in [7, 11) is 0. The maximum absolute atomic E-state index is 5.63. The van der Waals surface area contributed by atoms with Gasteiger partial charge in [0.25, 0.3) is 0 Å². The molecule has 1 unspecified atom stereocenters. The van der Waals surface area contributed by atoms with E-state index in [0.717, 1.165) is 5.69 Å². The van der Waals surface area contributed by atoms with Crippen LogP contribution in [0.15, 0.2) is 29.1 Å². The molecule has 0 amide bonds. The van der Waals surface area contributed by atoms with Gasteiger partial charge in [-0.3, -0.25) is 5.84 Å². The van der Waals surface area contributed by atoms with Gasteiger partial charge in [0.1, 0.15) is 0 Å². The summed E-state index contributed by atoms with van der Waals surface area (Å²) in [4.78, 5) is 4.31. The molecule has 2 rings (SSSR count). The second-order valence-electron chi connectivity index (χ2n) is 3.80. The molecule has 1 atom stereocenters. The highest BCUT2D eigenvalue weighted by Gasteiger charge is 2.16. The number of nitrogens with two attached hydrogens (primary N) is 1. The van der Waals surface area contributed by atoms with Gasteiger partial charge in [0.05, 0.1) is 17.2 Å². The number of hydrazine groups is 1. The van der Waals surface area contributed by atoms with Gasteiger partial charge < -0.3 is 0 Å². The van der Waals surface area contributed by atoms with E-state index >= 15 is 0 Å². The Morgan fingerprint density at radius 3 is 2.81 bits per heavy atom. The SMILES string of the molecule is Cc1cccc(C(NN)c2cscn2)c1C. The first-order chi connectivity index (χ1) is 7.74. The minimum absolute atomic E-state index is 0.0221. The highest BCUT2D eigenvalue weighted by molar-refractivity contribution is 7.07. The molecular formula is C12H15N3S. The van der Waals surface area contributed by atoms with Crippen LogP contribution in [0.3, 0.4) is 0 Å². The molecule has 0 saturated carbocycles. The van der Waals surface area contributed by atoms with Gasteiger partial charge in [0.2, 0.25) is 0 Å². The fourth-order valence-electron chi connectivity index (χ4n) is 1.79. The number of thiazole rings is 1. The van der Waals surface area contributed by atoms with Gasteiger partial charge in [-0.2, -0.15) is 0 Å². The number of nitrogens with zero attached hydrogens (tertiary/aromatic N) is 1. The van der Waals surface area contributed by atoms with Crippen molar-refractivity contribution in [3.05, 3.63) is 51.5 Å². The number of rotatable bonds is 3. The molecule has 0 spiro atoms. The van der Waals surface area contributed by atoms with Gasteiger partial charge in [0, 0.05) is 5.38 Å². The maximum atomic E-state index is 5.63. The molecule has 1 aromatic heterocycles. The van der Waals surface area contributed by atoms with Crippen molar-refractivity contribution in [2.45, 2.75) is 19.9 Å². The summed E-state index contributed by atoms with van der Waals surface area (Å²) >= 11 is 1.58. The first kappa shape index (κ1) is 11.3. The Morgan fingerprint density at radius 1 is 1.38 bits per heavy atom. The third-order valence-electron chi connectivity index (χ3n) is 2.87. The lowest BCUT2D eigenvalue weighted by atomic mass is 9.96. The second-order valence-corrected chi connectivity index (χ2v) is 4.52. The summed E-state index contributed by atoms with van der Waals surface area (Å²) in [6, 6.07) is 6.22. The molecule has 0 saturated heterocycles. The van der Waals surface area contributed by atoms with Crippen LogP contribution in [0, 0.1) is 13.8 Å². The predicted octanol–water partition coefficient (Wildman–Crippen LogP) is 2.31. The Bertz CT molecular complexity index is 465. The highest BCUT2D eigenvalue weighted by atomic mass is 32.1. The number of nitrogens with one attached hydrogen (secondary N) is 1. The zero-order chi connectivity index (χ0) is 11.5. The number of aryl methyl sites for hydroxylation is 1. The largest absolute Gasteiger partial charge is 0.271 e. The summed E-state index contributed by atoms with van der Waals surface area (Å²) in [5.41, 5.74) is 9.35. The number of aromatic nitrogens is 1. The third-order valence-corrected chi connectivity index (χ3v) is 3.48. The van der Waals surface area contributed by atoms with E-state index in [1.807, 2.05) is 17.0 Å². The fraction of sp³-hybridized carbons (Fsp3) is 0.250. The van der Waals surface area contributed by atoms with E-state index in [0.29, 0.717) is 0 Å². The topological polar surface area (TPSA) is 50.9 Å². The molecule has 0 aliphatic heterocycles. The molecule has 0 fully saturated rings. The van der Waals surface area contributed by atoms with Gasteiger partial charge in [-0.25, -0.2) is 10.4 Å². The normalized spacial score (nSPS) is 12.7. The van der Waals surface area contributed by atoms with E-state index in [1.165, 1.54) is 16.7 Å². The molecule has 3 N–H and O–H groups in total. The van der Waals surface area contributed by atoms with Crippen molar-refractivity contribution in [1.29, 1.82) is 0 Å². The van der Waals surface area contributed by atoms with Crippen LogP contribution in [0.4, 0.5) is 0 Å². The molecule has 3 nitrogen and oxygen atoms in total. The van der Waals surface area contributed by atoms with Gasteiger partial charge in [-0.15, -0.1) is 11.3 Å². The van der Waals surface area contributed by atoms with Crippen LogP contribution in [0.5, 0.6) is 0 Å². The van der Waals surface area contributed by atoms with Crippen LogP contribution in [0.2, 0.25) is 0 Å². The molecule has 0 radical (unpaired) electrons. The molecule has 16 heavy (non-hydrogen) atoms. The molecule has 4 heteroatoms. The minimum Gasteiger partial charge on any atom is -0.271 e. The summed E-state index contributed by atoms with van der Waals surface area (Å²) in [6.45, 7) is 4.22. The van der Waals surface area contributed by atoms with E-state index in [1.54, 1.807) is 11.3 Å². The lowest BCUT2D eigenvalue weighted by Crippen LogP contribution is -2.29. The van der Waals surface area contributed by atoms with Gasteiger partial charge in [-0.1, -0.05) is 18.2 Å². The van der Waals surface area contributed by atoms with Crippen molar-refractivity contribution < 1.29 is 0 Å². The minimum atomic E-state index is -0.0221. The lowest BCUT2D eigenvalue weighted by Gasteiger charge is -2.17. The highest BCUT2D eigenvalue weighted by Crippen LogP contribution is 2.25. The van der Waals surface area contributed by atoms with E-state index < -0.39 is 0 Å². The quantitative estimate of drug-likeness (QED) is 0.632. The van der Waals surface area contributed by atoms with Crippen molar-refractivity contribution in [1.82, 2.24) is 10.4 Å². The van der Waals surface area contributed by atoms with Crippen LogP contribution in [-0.4, -0.2) is 4.98 Å². The van der Waals surface area contributed by atoms with Crippen molar-refractivity contribution in [2.75, 3.05) is 0 Å². The smallest absolute Gasteiger partial charge is 0.0892 e. The Balaban J connectivity index is 2.45. The molecule has 0 aliphatic rings. The predicted molar refractivity (Wildman–Crippen MR) is 67.2 cm³/mol. The molecule has 0 bridgehead atoms. The summed E-state index contributed by atoms with van der Waals surface area (Å²) in [5.74, 6) is 5.63. The fourth-order valence-corrected chi connectivity index (χ4v) is 2.37. The monoisotopic (exact) mass is 233 g/mol. The summed E-state index contributed by atoms with van der Waals surface area (Å²) in [5, 5.41) is 2.02. The van der Waals surface area contributed by atoms with Crippen LogP contribution < -0.4 is 11.3 Å². The number of hydrogen-bond acceptors (Lipinski definition) is 4. The van der Waals surface area contributed by atoms with Crippen LogP contribution in [-0.2, 0) is 0 Å². The average Bonchev–Trinajstić information content (AvgIpc) is 2.79.